The molecule has 0 aromatic heterocycles. The van der Waals surface area contributed by atoms with E-state index in [4.69, 9.17) is 10.5 Å². The Labute approximate surface area is 217 Å². The highest BCUT2D eigenvalue weighted by atomic mass is 79.9. The SMILES string of the molecule is C[C@@H](CC/C=C/C(=O)Nc1ccccc1N)[C@H](OC(=O)Nc1ccc(Br)cc1)c1ccc(O)c(F)c1. The number of carbonyl (C=O) groups is 2. The van der Waals surface area contributed by atoms with Crippen LogP contribution in [0.1, 0.15) is 31.4 Å². The van der Waals surface area contributed by atoms with E-state index in [0.29, 0.717) is 35.5 Å². The first kappa shape index (κ1) is 26.7. The van der Waals surface area contributed by atoms with Crippen LogP contribution < -0.4 is 16.4 Å². The number of phenolic OH excluding ortho intramolecular Hbond substituents is 1. The lowest BCUT2D eigenvalue weighted by Crippen LogP contribution is -2.22. The van der Waals surface area contributed by atoms with Crippen LogP contribution in [0.3, 0.4) is 0 Å². The average Bonchev–Trinajstić information content (AvgIpc) is 2.85. The fourth-order valence-electron chi connectivity index (χ4n) is 3.49. The number of halogens is 2. The summed E-state index contributed by atoms with van der Waals surface area (Å²) in [5, 5.41) is 14.9. The lowest BCUT2D eigenvalue weighted by atomic mass is 9.93. The maximum atomic E-state index is 14.1. The summed E-state index contributed by atoms with van der Waals surface area (Å²) in [5.74, 6) is -1.85. The minimum absolute atomic E-state index is 0.234. The first-order chi connectivity index (χ1) is 17.2. The number of nitrogen functional groups attached to an aromatic ring is 1. The Hall–Kier alpha value is -3.85. The zero-order valence-electron chi connectivity index (χ0n) is 19.6. The second kappa shape index (κ2) is 12.7. The van der Waals surface area contributed by atoms with Crippen LogP contribution in [-0.4, -0.2) is 17.1 Å². The summed E-state index contributed by atoms with van der Waals surface area (Å²) in [6, 6.07) is 17.8. The second-order valence-corrected chi connectivity index (χ2v) is 9.12. The van der Waals surface area contributed by atoms with E-state index in [2.05, 4.69) is 26.6 Å². The smallest absolute Gasteiger partial charge is 0.412 e. The molecule has 0 saturated carbocycles. The number of benzene rings is 3. The van der Waals surface area contributed by atoms with E-state index >= 15 is 0 Å². The van der Waals surface area contributed by atoms with Crippen molar-refractivity contribution in [2.45, 2.75) is 25.9 Å². The number of nitrogens with one attached hydrogen (secondary N) is 2. The molecule has 0 aliphatic heterocycles. The number of allylic oxidation sites excluding steroid dienone is 1. The van der Waals surface area contributed by atoms with Crippen molar-refractivity contribution in [2.75, 3.05) is 16.4 Å². The summed E-state index contributed by atoms with van der Waals surface area (Å²) < 4.78 is 20.6. The number of nitrogens with two attached hydrogens (primary N) is 1. The van der Waals surface area contributed by atoms with Crippen LogP contribution in [0.2, 0.25) is 0 Å². The molecule has 0 saturated heterocycles. The molecule has 0 aliphatic carbocycles. The monoisotopic (exact) mass is 555 g/mol. The molecule has 0 spiro atoms. The Morgan fingerprint density at radius 2 is 1.83 bits per heavy atom. The number of hydrogen-bond acceptors (Lipinski definition) is 5. The Balaban J connectivity index is 1.63. The van der Waals surface area contributed by atoms with E-state index in [0.717, 1.165) is 10.5 Å². The van der Waals surface area contributed by atoms with Crippen LogP contribution >= 0.6 is 15.9 Å². The molecular weight excluding hydrogens is 529 g/mol. The lowest BCUT2D eigenvalue weighted by molar-refractivity contribution is -0.111. The molecule has 3 rings (SSSR count). The predicted molar refractivity (Wildman–Crippen MR) is 142 cm³/mol. The van der Waals surface area contributed by atoms with Gasteiger partial charge in [0.05, 0.1) is 11.4 Å². The summed E-state index contributed by atoms with van der Waals surface area (Å²) in [7, 11) is 0. The molecule has 7 nitrogen and oxygen atoms in total. The van der Waals surface area contributed by atoms with Gasteiger partial charge in [-0.05, 0) is 78.9 Å². The van der Waals surface area contributed by atoms with Crippen molar-refractivity contribution in [1.29, 1.82) is 0 Å². The van der Waals surface area contributed by atoms with Crippen LogP contribution in [-0.2, 0) is 9.53 Å². The lowest BCUT2D eigenvalue weighted by Gasteiger charge is -2.25. The van der Waals surface area contributed by atoms with E-state index in [1.165, 1.54) is 18.2 Å². The maximum Gasteiger partial charge on any atom is 0.412 e. The largest absolute Gasteiger partial charge is 0.505 e. The second-order valence-electron chi connectivity index (χ2n) is 8.20. The third-order valence-electron chi connectivity index (χ3n) is 5.42. The molecular formula is C27H27BrFN3O4. The van der Waals surface area contributed by atoms with Gasteiger partial charge in [0, 0.05) is 10.2 Å². The normalized spacial score (nSPS) is 12.6. The first-order valence-electron chi connectivity index (χ1n) is 11.3. The minimum atomic E-state index is -0.807. The van der Waals surface area contributed by atoms with Crippen molar-refractivity contribution in [3.8, 4) is 5.75 Å². The molecule has 188 valence electrons. The van der Waals surface area contributed by atoms with E-state index in [-0.39, 0.29) is 11.8 Å². The molecule has 0 fully saturated rings. The number of anilines is 3. The molecule has 5 N–H and O–H groups in total. The summed E-state index contributed by atoms with van der Waals surface area (Å²) in [6.07, 6.45) is 2.68. The fraction of sp³-hybridized carbons (Fsp3) is 0.185. The van der Waals surface area contributed by atoms with Gasteiger partial charge >= 0.3 is 6.09 Å². The summed E-state index contributed by atoms with van der Waals surface area (Å²) in [6.45, 7) is 1.86. The van der Waals surface area contributed by atoms with Gasteiger partial charge in [-0.25, -0.2) is 9.18 Å². The third-order valence-corrected chi connectivity index (χ3v) is 5.95. The predicted octanol–water partition coefficient (Wildman–Crippen LogP) is 6.78. The van der Waals surface area contributed by atoms with Gasteiger partial charge in [0.25, 0.3) is 0 Å². The van der Waals surface area contributed by atoms with Gasteiger partial charge in [-0.15, -0.1) is 0 Å². The molecule has 3 aromatic carbocycles. The zero-order valence-corrected chi connectivity index (χ0v) is 21.2. The van der Waals surface area contributed by atoms with Crippen molar-refractivity contribution in [3.05, 3.63) is 94.7 Å². The number of rotatable bonds is 9. The van der Waals surface area contributed by atoms with Gasteiger partial charge in [0.1, 0.15) is 6.10 Å². The van der Waals surface area contributed by atoms with Gasteiger partial charge < -0.3 is 20.9 Å². The van der Waals surface area contributed by atoms with Gasteiger partial charge in [-0.1, -0.05) is 47.1 Å². The Bertz CT molecular complexity index is 1230. The van der Waals surface area contributed by atoms with Gasteiger partial charge in [-0.3, -0.25) is 10.1 Å². The molecule has 0 unspecified atom stereocenters. The molecule has 2 amide bonds. The molecule has 36 heavy (non-hydrogen) atoms. The van der Waals surface area contributed by atoms with Crippen LogP contribution in [0.5, 0.6) is 5.75 Å². The van der Waals surface area contributed by atoms with Crippen LogP contribution in [0, 0.1) is 11.7 Å². The quantitative estimate of drug-likeness (QED) is 0.172. The van der Waals surface area contributed by atoms with Crippen LogP contribution in [0.15, 0.2) is 83.4 Å². The van der Waals surface area contributed by atoms with E-state index in [1.54, 1.807) is 54.6 Å². The van der Waals surface area contributed by atoms with Crippen molar-refractivity contribution in [3.63, 3.8) is 0 Å². The summed E-state index contributed by atoms with van der Waals surface area (Å²) in [4.78, 5) is 24.8. The minimum Gasteiger partial charge on any atom is -0.505 e. The number of hydrogen-bond donors (Lipinski definition) is 4. The van der Waals surface area contributed by atoms with Crippen molar-refractivity contribution >= 4 is 45.0 Å². The van der Waals surface area contributed by atoms with Crippen molar-refractivity contribution in [1.82, 2.24) is 0 Å². The molecule has 0 aliphatic rings. The van der Waals surface area contributed by atoms with E-state index < -0.39 is 23.8 Å². The highest BCUT2D eigenvalue weighted by Gasteiger charge is 2.24. The first-order valence-corrected chi connectivity index (χ1v) is 12.1. The third kappa shape index (κ3) is 7.84. The van der Waals surface area contributed by atoms with Crippen molar-refractivity contribution < 1.29 is 23.8 Å². The van der Waals surface area contributed by atoms with Crippen molar-refractivity contribution in [2.24, 2.45) is 5.92 Å². The Morgan fingerprint density at radius 1 is 1.11 bits per heavy atom. The molecule has 2 atom stereocenters. The number of para-hydroxylation sites is 2. The fourth-order valence-corrected chi connectivity index (χ4v) is 3.76. The molecule has 0 heterocycles. The highest BCUT2D eigenvalue weighted by molar-refractivity contribution is 9.10. The van der Waals surface area contributed by atoms with Gasteiger partial charge in [0.2, 0.25) is 5.91 Å². The summed E-state index contributed by atoms with van der Waals surface area (Å²) >= 11 is 3.34. The van der Waals surface area contributed by atoms with Crippen LogP contribution in [0.4, 0.5) is 26.2 Å². The topological polar surface area (TPSA) is 114 Å². The molecule has 0 radical (unpaired) electrons. The number of ether oxygens (including phenoxy) is 1. The maximum absolute atomic E-state index is 14.1. The van der Waals surface area contributed by atoms with Gasteiger partial charge in [0.15, 0.2) is 11.6 Å². The number of phenols is 1. The zero-order chi connectivity index (χ0) is 26.1. The molecule has 0 bridgehead atoms. The number of aromatic hydroxyl groups is 1. The van der Waals surface area contributed by atoms with E-state index in [9.17, 15) is 19.1 Å². The number of amides is 2. The summed E-state index contributed by atoms with van der Waals surface area (Å²) in [5.41, 5.74) is 7.78. The Morgan fingerprint density at radius 3 is 2.53 bits per heavy atom. The molecule has 3 aromatic rings. The van der Waals surface area contributed by atoms with Crippen LogP contribution in [0.25, 0.3) is 0 Å². The highest BCUT2D eigenvalue weighted by Crippen LogP contribution is 2.32. The average molecular weight is 556 g/mol. The molecule has 9 heteroatoms. The number of carbonyl (C=O) groups excluding carboxylic acids is 2. The van der Waals surface area contributed by atoms with E-state index in [1.807, 2.05) is 6.92 Å². The standard InChI is InChI=1S/C27H27BrFN3O4/c1-17(6-2-5-9-25(34)32-23-8-4-3-7-22(23)30)26(18-10-15-24(33)21(29)16-18)36-27(35)31-20-13-11-19(28)12-14-20/h3-5,7-17,26,33H,2,6,30H2,1H3,(H,31,35)(H,32,34)/b9-5+/t17-,26-/m0/s1. The Kier molecular flexibility index (Phi) is 9.46. The van der Waals surface area contributed by atoms with Gasteiger partial charge in [-0.2, -0.15) is 0 Å².